The molecule has 0 radical (unpaired) electrons. The van der Waals surface area contributed by atoms with Gasteiger partial charge in [0.05, 0.1) is 88.7 Å². The lowest BCUT2D eigenvalue weighted by atomic mass is 9.61. The number of hydrogen-bond donors (Lipinski definition) is 3. The number of amides is 3. The van der Waals surface area contributed by atoms with Gasteiger partial charge in [0.1, 0.15) is 51.8 Å². The van der Waals surface area contributed by atoms with E-state index < -0.39 is 168 Å². The number of carbonyl (C=O) groups is 12. The van der Waals surface area contributed by atoms with E-state index in [1.54, 1.807) is 13.8 Å². The van der Waals surface area contributed by atoms with E-state index in [4.69, 9.17) is 79.9 Å². The lowest BCUT2D eigenvalue weighted by molar-refractivity contribution is -0.158. The van der Waals surface area contributed by atoms with Crippen LogP contribution in [0.25, 0.3) is 0 Å². The molecule has 660 valence electrons. The second-order valence-corrected chi connectivity index (χ2v) is 42.4. The second kappa shape index (κ2) is 52.2. The molecule has 0 aromatic carbocycles. The largest absolute Gasteiger partial charge is 0.462 e. The molecule has 0 aromatic heterocycles. The molecule has 6 unspecified atom stereocenters. The fraction of sp³-hybridized carbons (Fsp3) is 0.663. The Bertz CT molecular complexity index is 3240. The van der Waals surface area contributed by atoms with E-state index in [0.717, 1.165) is 80.0 Å². The molecule has 0 spiro atoms. The third-order valence-electron chi connectivity index (χ3n) is 18.9. The standard InChI is InChI=1S/C83H131N3O29Si2/c1-21-66(87)103-46-63(47-104-67(88)22-2)44-101-52-82(54-107-70(91)25-5,55-108-71(92)26-6)58-111-76(97)85-65-39-79(13,14)50-80(15,40-65)32-31-74(95)113-60(9)42-99-33-29-35-116(17,18)115-117(19,20)36-30-34-100-43-61(10)114-75(96)84-41-62-37-78(11,12)51-81(16,38-62)86-77(98)112-59-83(56-109-72(93)27-7,57-110-73(94)28-8)53-102-45-64(48-105-68(89)23-3)49-106-69(90)24-4/h21-28,60-65H,1-8,29-59H2,9-20H3,(H,84,96)(H,85,97)(H,86,98). The van der Waals surface area contributed by atoms with E-state index in [1.165, 1.54) is 0 Å². The summed E-state index contributed by atoms with van der Waals surface area (Å²) in [7, 11) is -4.24. The van der Waals surface area contributed by atoms with Crippen LogP contribution in [0.1, 0.15) is 120 Å². The molecule has 6 atom stereocenters. The lowest BCUT2D eigenvalue weighted by Gasteiger charge is -2.47. The van der Waals surface area contributed by atoms with Crippen LogP contribution in [0.5, 0.6) is 0 Å². The van der Waals surface area contributed by atoms with Gasteiger partial charge in [-0.2, -0.15) is 0 Å². The Labute approximate surface area is 692 Å². The minimum Gasteiger partial charge on any atom is -0.462 e. The highest BCUT2D eigenvalue weighted by atomic mass is 28.4. The van der Waals surface area contributed by atoms with E-state index in [2.05, 4.69) is 129 Å². The van der Waals surface area contributed by atoms with Crippen molar-refractivity contribution in [2.45, 2.75) is 182 Å². The van der Waals surface area contributed by atoms with E-state index in [9.17, 15) is 57.5 Å². The average molecular weight is 1690 g/mol. The molecule has 32 nitrogen and oxygen atoms in total. The van der Waals surface area contributed by atoms with Crippen molar-refractivity contribution in [3.8, 4) is 0 Å². The highest BCUT2D eigenvalue weighted by Gasteiger charge is 2.46. The predicted octanol–water partition coefficient (Wildman–Crippen LogP) is 10.7. The van der Waals surface area contributed by atoms with Gasteiger partial charge in [-0.05, 0) is 139 Å². The van der Waals surface area contributed by atoms with E-state index in [1.807, 2.05) is 6.92 Å². The van der Waals surface area contributed by atoms with Gasteiger partial charge in [0.2, 0.25) is 0 Å². The number of rotatable bonds is 59. The van der Waals surface area contributed by atoms with Crippen molar-refractivity contribution in [2.24, 2.45) is 44.8 Å². The Balaban J connectivity index is 1.89. The normalized spacial score (nSPS) is 18.2. The molecule has 2 aliphatic rings. The summed E-state index contributed by atoms with van der Waals surface area (Å²) in [4.78, 5) is 151. The molecule has 0 aromatic rings. The van der Waals surface area contributed by atoms with Gasteiger partial charge in [-0.15, -0.1) is 0 Å². The Hall–Kier alpha value is -8.81. The van der Waals surface area contributed by atoms with Crippen molar-refractivity contribution >= 4 is 88.6 Å². The van der Waals surface area contributed by atoms with Gasteiger partial charge in [0, 0.05) is 86.4 Å². The third-order valence-corrected chi connectivity index (χ3v) is 26.5. The zero-order valence-electron chi connectivity index (χ0n) is 71.0. The first kappa shape index (κ1) is 104. The molecule has 2 fully saturated rings. The van der Waals surface area contributed by atoms with Gasteiger partial charge in [-0.1, -0.05) is 87.3 Å². The molecule has 117 heavy (non-hydrogen) atoms. The molecule has 3 amide bonds. The van der Waals surface area contributed by atoms with E-state index in [-0.39, 0.29) is 108 Å². The van der Waals surface area contributed by atoms with Crippen LogP contribution >= 0.6 is 0 Å². The highest BCUT2D eigenvalue weighted by Crippen LogP contribution is 2.49. The fourth-order valence-corrected chi connectivity index (χ4v) is 23.2. The van der Waals surface area contributed by atoms with Crippen LogP contribution in [-0.2, 0) is 123 Å². The van der Waals surface area contributed by atoms with Crippen molar-refractivity contribution in [3.63, 3.8) is 0 Å². The Morgan fingerprint density at radius 3 is 1.19 bits per heavy atom. The maximum Gasteiger partial charge on any atom is 0.407 e. The molecule has 3 N–H and O–H groups in total. The van der Waals surface area contributed by atoms with Gasteiger partial charge in [-0.25, -0.2) is 52.7 Å². The maximum atomic E-state index is 13.8. The van der Waals surface area contributed by atoms with E-state index >= 15 is 0 Å². The Morgan fingerprint density at radius 2 is 0.786 bits per heavy atom. The lowest BCUT2D eigenvalue weighted by Crippen LogP contribution is -2.55. The molecule has 2 rings (SSSR count). The van der Waals surface area contributed by atoms with Crippen molar-refractivity contribution in [2.75, 3.05) is 125 Å². The number of alkyl carbamates (subject to hydrolysis) is 3. The zero-order valence-corrected chi connectivity index (χ0v) is 73.0. The monoisotopic (exact) mass is 1690 g/mol. The number of carbonyl (C=O) groups excluding carboxylic acids is 12. The van der Waals surface area contributed by atoms with Gasteiger partial charge < -0.3 is 95.9 Å². The summed E-state index contributed by atoms with van der Waals surface area (Å²) in [5.41, 5.74) is -4.81. The summed E-state index contributed by atoms with van der Waals surface area (Å²) in [5.74, 6) is -8.10. The van der Waals surface area contributed by atoms with Crippen molar-refractivity contribution in [3.05, 3.63) is 101 Å². The minimum absolute atomic E-state index is 0.101. The topological polar surface area (TPSA) is 398 Å². The van der Waals surface area contributed by atoms with Crippen LogP contribution in [0.15, 0.2) is 101 Å². The number of hydrogen-bond acceptors (Lipinski definition) is 29. The molecular formula is C83H131N3O29Si2. The number of nitrogens with one attached hydrogen (secondary N) is 3. The zero-order chi connectivity index (χ0) is 88.1. The summed E-state index contributed by atoms with van der Waals surface area (Å²) in [6.45, 7) is 48.4. The number of esters is 9. The molecule has 0 saturated heterocycles. The molecule has 0 bridgehead atoms. The first-order valence-electron chi connectivity index (χ1n) is 39.2. The van der Waals surface area contributed by atoms with Crippen LogP contribution in [-0.4, -0.2) is 238 Å². The van der Waals surface area contributed by atoms with Crippen LogP contribution in [0, 0.1) is 44.8 Å². The smallest absolute Gasteiger partial charge is 0.407 e. The summed E-state index contributed by atoms with van der Waals surface area (Å²) in [5, 5.41) is 8.86. The third kappa shape index (κ3) is 45.7. The Morgan fingerprint density at radius 1 is 0.419 bits per heavy atom. The molecule has 34 heteroatoms. The SMILES string of the molecule is C=CC(=O)OCC(COCC(COC(=O)C=C)(COC(=O)C=C)COC(=O)NC1CC(C)(C)CC(C)(CCC(=O)OC(C)COCCC[Si](C)(C)O[Si](C)(C)CCCOCC(C)OC(=O)NCC2CC(C)(C)CC(C)(NC(=O)OCC(COCC(COC(=O)C=C)COC(=O)C=C)(COC(=O)C=C)COC(=O)C=C)C2)C1)COC(=O)C=C. The first-order valence-corrected chi connectivity index (χ1v) is 45.5. The van der Waals surface area contributed by atoms with Crippen molar-refractivity contribution < 1.29 is 137 Å². The Kier molecular flexibility index (Phi) is 46.5. The molecule has 0 aliphatic heterocycles. The van der Waals surface area contributed by atoms with Crippen LogP contribution in [0.4, 0.5) is 14.4 Å². The number of ether oxygens (including phenoxy) is 16. The van der Waals surface area contributed by atoms with Gasteiger partial charge >= 0.3 is 72.0 Å². The molecular weight excluding hydrogens is 1560 g/mol. The quantitative estimate of drug-likeness (QED) is 0.0167. The summed E-state index contributed by atoms with van der Waals surface area (Å²) in [6, 6.07) is 1.32. The first-order chi connectivity index (χ1) is 54.8. The van der Waals surface area contributed by atoms with Gasteiger partial charge in [0.25, 0.3) is 0 Å². The molecule has 2 aliphatic carbocycles. The second-order valence-electron chi connectivity index (χ2n) is 33.6. The van der Waals surface area contributed by atoms with E-state index in [0.29, 0.717) is 51.7 Å². The van der Waals surface area contributed by atoms with Crippen LogP contribution < -0.4 is 16.0 Å². The maximum absolute atomic E-state index is 13.8. The van der Waals surface area contributed by atoms with Crippen LogP contribution in [0.3, 0.4) is 0 Å². The van der Waals surface area contributed by atoms with Crippen molar-refractivity contribution in [1.29, 1.82) is 0 Å². The molecule has 2 saturated carbocycles. The van der Waals surface area contributed by atoms with Gasteiger partial charge in [-0.3, -0.25) is 4.79 Å². The average Bonchev–Trinajstić information content (AvgIpc) is 0.798. The predicted molar refractivity (Wildman–Crippen MR) is 436 cm³/mol. The highest BCUT2D eigenvalue weighted by molar-refractivity contribution is 6.84. The summed E-state index contributed by atoms with van der Waals surface area (Å²) in [6.07, 6.45) is 9.86. The summed E-state index contributed by atoms with van der Waals surface area (Å²) < 4.78 is 96.1. The minimum atomic E-state index is -2.12. The fourth-order valence-electron chi connectivity index (χ4n) is 14.4. The molecule has 0 heterocycles. The van der Waals surface area contributed by atoms with Crippen molar-refractivity contribution in [1.82, 2.24) is 16.0 Å². The van der Waals surface area contributed by atoms with Gasteiger partial charge in [0.15, 0.2) is 16.6 Å². The van der Waals surface area contributed by atoms with Crippen LogP contribution in [0.2, 0.25) is 38.3 Å². The summed E-state index contributed by atoms with van der Waals surface area (Å²) >= 11 is 0.